The highest BCUT2D eigenvalue weighted by Gasteiger charge is 2.24. The van der Waals surface area contributed by atoms with Crippen molar-refractivity contribution in [3.05, 3.63) is 50.4 Å². The van der Waals surface area contributed by atoms with Gasteiger partial charge in [-0.3, -0.25) is 0 Å². The molecular formula is C12H9BrFNO4S2. The van der Waals surface area contributed by atoms with Gasteiger partial charge in [-0.1, -0.05) is 22.0 Å². The zero-order valence-electron chi connectivity index (χ0n) is 10.3. The van der Waals surface area contributed by atoms with Crippen LogP contribution in [-0.4, -0.2) is 19.5 Å². The first kappa shape index (κ1) is 16.1. The summed E-state index contributed by atoms with van der Waals surface area (Å²) in [5.74, 6) is -2.83. The molecule has 112 valence electrons. The molecule has 2 rings (SSSR count). The Labute approximate surface area is 132 Å². The zero-order chi connectivity index (χ0) is 15.6. The first-order valence-corrected chi connectivity index (χ1v) is 8.71. The van der Waals surface area contributed by atoms with Gasteiger partial charge in [-0.15, -0.1) is 11.3 Å². The maximum atomic E-state index is 14.0. The van der Waals surface area contributed by atoms with E-state index in [1.54, 1.807) is 17.5 Å². The van der Waals surface area contributed by atoms with Crippen molar-refractivity contribution in [2.75, 3.05) is 0 Å². The van der Waals surface area contributed by atoms with Gasteiger partial charge in [-0.2, -0.15) is 0 Å². The van der Waals surface area contributed by atoms with Crippen molar-refractivity contribution in [3.8, 4) is 0 Å². The summed E-state index contributed by atoms with van der Waals surface area (Å²) in [5, 5.41) is 10.7. The zero-order valence-corrected chi connectivity index (χ0v) is 13.6. The van der Waals surface area contributed by atoms with Crippen LogP contribution in [0.3, 0.4) is 0 Å². The minimum atomic E-state index is -4.16. The maximum Gasteiger partial charge on any atom is 0.338 e. The molecule has 0 unspecified atom stereocenters. The van der Waals surface area contributed by atoms with Gasteiger partial charge in [0.05, 0.1) is 5.56 Å². The molecule has 0 bridgehead atoms. The summed E-state index contributed by atoms with van der Waals surface area (Å²) in [6, 6.07) is 5.53. The van der Waals surface area contributed by atoms with Crippen LogP contribution in [0.2, 0.25) is 0 Å². The second kappa shape index (κ2) is 6.22. The second-order valence-electron chi connectivity index (χ2n) is 3.97. The molecule has 9 heteroatoms. The van der Waals surface area contributed by atoms with Crippen molar-refractivity contribution in [1.29, 1.82) is 0 Å². The summed E-state index contributed by atoms with van der Waals surface area (Å²) in [5.41, 5.74) is -0.708. The number of hydrogen-bond acceptors (Lipinski definition) is 4. The topological polar surface area (TPSA) is 83.5 Å². The van der Waals surface area contributed by atoms with Gasteiger partial charge in [0.25, 0.3) is 0 Å². The molecule has 5 nitrogen and oxygen atoms in total. The molecule has 0 radical (unpaired) electrons. The number of carbonyl (C=O) groups is 1. The number of carboxylic acid groups (broad SMARTS) is 1. The Balaban J connectivity index is 2.37. The first-order valence-electron chi connectivity index (χ1n) is 5.55. The van der Waals surface area contributed by atoms with Crippen LogP contribution in [-0.2, 0) is 16.6 Å². The standard InChI is InChI=1S/C12H9BrFNO4S2/c13-7-4-9(12(16)17)11(14)10(5-7)21(18,19)15-6-8-2-1-3-20-8/h1-5,15H,6H2,(H,16,17). The second-order valence-corrected chi connectivity index (χ2v) is 7.66. The number of rotatable bonds is 5. The summed E-state index contributed by atoms with van der Waals surface area (Å²) < 4.78 is 40.7. The Morgan fingerprint density at radius 1 is 1.43 bits per heavy atom. The molecule has 1 heterocycles. The lowest BCUT2D eigenvalue weighted by Crippen LogP contribution is -2.24. The summed E-state index contributed by atoms with van der Waals surface area (Å²) in [6.07, 6.45) is 0. The van der Waals surface area contributed by atoms with Crippen molar-refractivity contribution >= 4 is 43.3 Å². The summed E-state index contributed by atoms with van der Waals surface area (Å²) in [4.78, 5) is 11.0. The van der Waals surface area contributed by atoms with E-state index >= 15 is 0 Å². The molecule has 0 saturated heterocycles. The van der Waals surface area contributed by atoms with Crippen LogP contribution in [0.15, 0.2) is 39.0 Å². The number of halogens is 2. The fraction of sp³-hybridized carbons (Fsp3) is 0.0833. The predicted molar refractivity (Wildman–Crippen MR) is 79.4 cm³/mol. The summed E-state index contributed by atoms with van der Waals surface area (Å²) >= 11 is 4.33. The van der Waals surface area contributed by atoms with E-state index in [9.17, 15) is 17.6 Å². The Hall–Kier alpha value is -1.29. The van der Waals surface area contributed by atoms with Gasteiger partial charge in [0.2, 0.25) is 10.0 Å². The maximum absolute atomic E-state index is 14.0. The van der Waals surface area contributed by atoms with Crippen LogP contribution < -0.4 is 4.72 Å². The van der Waals surface area contributed by atoms with E-state index in [0.29, 0.717) is 0 Å². The third-order valence-corrected chi connectivity index (χ3v) is 5.28. The Morgan fingerprint density at radius 3 is 2.71 bits per heavy atom. The molecule has 0 saturated carbocycles. The van der Waals surface area contributed by atoms with Crippen LogP contribution in [0.4, 0.5) is 4.39 Å². The predicted octanol–water partition coefficient (Wildman–Crippen LogP) is 2.83. The van der Waals surface area contributed by atoms with Crippen molar-refractivity contribution in [1.82, 2.24) is 4.72 Å². The van der Waals surface area contributed by atoms with Gasteiger partial charge in [0.1, 0.15) is 4.90 Å². The third-order valence-electron chi connectivity index (χ3n) is 2.54. The van der Waals surface area contributed by atoms with Gasteiger partial charge < -0.3 is 5.11 Å². The normalized spacial score (nSPS) is 11.5. The molecule has 2 N–H and O–H groups in total. The average molecular weight is 394 g/mol. The third kappa shape index (κ3) is 3.67. The van der Waals surface area contributed by atoms with Crippen molar-refractivity contribution in [2.45, 2.75) is 11.4 Å². The van der Waals surface area contributed by atoms with Crippen LogP contribution >= 0.6 is 27.3 Å². The fourth-order valence-corrected chi connectivity index (χ4v) is 4.05. The number of hydrogen-bond donors (Lipinski definition) is 2. The minimum absolute atomic E-state index is 0.00829. The summed E-state index contributed by atoms with van der Waals surface area (Å²) in [6.45, 7) is 0.00829. The molecule has 0 fully saturated rings. The molecule has 0 amide bonds. The van der Waals surface area contributed by atoms with E-state index < -0.39 is 32.3 Å². The molecule has 0 aliphatic rings. The lowest BCUT2D eigenvalue weighted by Gasteiger charge is -2.09. The molecule has 0 atom stereocenters. The van der Waals surface area contributed by atoms with Gasteiger partial charge >= 0.3 is 5.97 Å². The van der Waals surface area contributed by atoms with Crippen LogP contribution in [0.5, 0.6) is 0 Å². The average Bonchev–Trinajstić information content (AvgIpc) is 2.91. The molecule has 2 aromatic rings. The highest BCUT2D eigenvalue weighted by atomic mass is 79.9. The molecule has 1 aromatic heterocycles. The van der Waals surface area contributed by atoms with E-state index in [1.807, 2.05) is 0 Å². The molecular weight excluding hydrogens is 385 g/mol. The highest BCUT2D eigenvalue weighted by molar-refractivity contribution is 9.10. The van der Waals surface area contributed by atoms with E-state index in [2.05, 4.69) is 20.7 Å². The smallest absolute Gasteiger partial charge is 0.338 e. The van der Waals surface area contributed by atoms with E-state index in [4.69, 9.17) is 5.11 Å². The largest absolute Gasteiger partial charge is 0.478 e. The van der Waals surface area contributed by atoms with E-state index in [1.165, 1.54) is 11.3 Å². The number of nitrogens with one attached hydrogen (secondary N) is 1. The van der Waals surface area contributed by atoms with Crippen LogP contribution in [0, 0.1) is 5.82 Å². The molecule has 1 aromatic carbocycles. The van der Waals surface area contributed by atoms with Crippen molar-refractivity contribution in [3.63, 3.8) is 0 Å². The molecule has 21 heavy (non-hydrogen) atoms. The van der Waals surface area contributed by atoms with Crippen LogP contribution in [0.25, 0.3) is 0 Å². The fourth-order valence-electron chi connectivity index (χ4n) is 1.57. The van der Waals surface area contributed by atoms with Gasteiger partial charge in [0.15, 0.2) is 5.82 Å². The number of benzene rings is 1. The Kier molecular flexibility index (Phi) is 4.77. The number of aromatic carboxylic acids is 1. The number of thiophene rings is 1. The van der Waals surface area contributed by atoms with E-state index in [0.717, 1.165) is 17.0 Å². The lowest BCUT2D eigenvalue weighted by molar-refractivity contribution is 0.0691. The quantitative estimate of drug-likeness (QED) is 0.817. The van der Waals surface area contributed by atoms with Crippen molar-refractivity contribution < 1.29 is 22.7 Å². The van der Waals surface area contributed by atoms with Gasteiger partial charge in [0, 0.05) is 15.9 Å². The minimum Gasteiger partial charge on any atom is -0.478 e. The number of carboxylic acids is 1. The molecule has 0 aliphatic heterocycles. The van der Waals surface area contributed by atoms with E-state index in [-0.39, 0.29) is 11.0 Å². The Morgan fingerprint density at radius 2 is 2.14 bits per heavy atom. The van der Waals surface area contributed by atoms with Gasteiger partial charge in [-0.05, 0) is 23.6 Å². The number of sulfonamides is 1. The molecule has 0 aliphatic carbocycles. The molecule has 0 spiro atoms. The SMILES string of the molecule is O=C(O)c1cc(Br)cc(S(=O)(=O)NCc2cccs2)c1F. The summed E-state index contributed by atoms with van der Waals surface area (Å²) in [7, 11) is -4.16. The van der Waals surface area contributed by atoms with Crippen molar-refractivity contribution in [2.24, 2.45) is 0 Å². The lowest BCUT2D eigenvalue weighted by atomic mass is 10.2. The first-order chi connectivity index (χ1) is 9.81. The van der Waals surface area contributed by atoms with Crippen LogP contribution in [0.1, 0.15) is 15.2 Å². The highest BCUT2D eigenvalue weighted by Crippen LogP contribution is 2.24. The monoisotopic (exact) mass is 393 g/mol. The Bertz CT molecular complexity index is 775. The van der Waals surface area contributed by atoms with Gasteiger partial charge in [-0.25, -0.2) is 22.3 Å².